The number of hydrogen-bond donors (Lipinski definition) is 2. The Bertz CT molecular complexity index is 127. The van der Waals surface area contributed by atoms with E-state index in [4.69, 9.17) is 5.73 Å². The van der Waals surface area contributed by atoms with Gasteiger partial charge in [0.15, 0.2) is 0 Å². The molecule has 1 rings (SSSR count). The van der Waals surface area contributed by atoms with Crippen LogP contribution in [0.4, 0.5) is 0 Å². The lowest BCUT2D eigenvalue weighted by atomic mass is 9.88. The number of aliphatic imine (C=N–C) groups is 1. The van der Waals surface area contributed by atoms with E-state index in [-0.39, 0.29) is 5.54 Å². The predicted molar refractivity (Wildman–Crippen MR) is 43.2 cm³/mol. The molecule has 3 heteroatoms. The van der Waals surface area contributed by atoms with Crippen molar-refractivity contribution in [3.63, 3.8) is 0 Å². The van der Waals surface area contributed by atoms with Gasteiger partial charge in [0, 0.05) is 13.1 Å². The lowest BCUT2D eigenvalue weighted by Gasteiger charge is -2.38. The molecule has 3 N–H and O–H groups in total. The fourth-order valence-corrected chi connectivity index (χ4v) is 1.37. The van der Waals surface area contributed by atoms with E-state index in [1.54, 1.807) is 0 Å². The average Bonchev–Trinajstić information content (AvgIpc) is 1.84. The zero-order chi connectivity index (χ0) is 7.45. The summed E-state index contributed by atoms with van der Waals surface area (Å²) in [6.07, 6.45) is 3.75. The van der Waals surface area contributed by atoms with Crippen LogP contribution in [0.1, 0.15) is 19.8 Å². The maximum absolute atomic E-state index is 5.23. The van der Waals surface area contributed by atoms with Gasteiger partial charge in [-0.2, -0.15) is 0 Å². The van der Waals surface area contributed by atoms with Crippen molar-refractivity contribution in [1.82, 2.24) is 5.32 Å². The average molecular weight is 141 g/mol. The van der Waals surface area contributed by atoms with Gasteiger partial charge in [0.1, 0.15) is 0 Å². The van der Waals surface area contributed by atoms with Gasteiger partial charge in [-0.3, -0.25) is 4.99 Å². The molecule has 0 unspecified atom stereocenters. The van der Waals surface area contributed by atoms with Crippen molar-refractivity contribution in [2.75, 3.05) is 13.1 Å². The van der Waals surface area contributed by atoms with E-state index in [2.05, 4.69) is 17.2 Å². The molecule has 0 bridgehead atoms. The van der Waals surface area contributed by atoms with E-state index in [1.807, 2.05) is 0 Å². The summed E-state index contributed by atoms with van der Waals surface area (Å²) in [5.41, 5.74) is 5.39. The molecule has 0 atom stereocenters. The van der Waals surface area contributed by atoms with E-state index in [0.29, 0.717) is 0 Å². The smallest absolute Gasteiger partial charge is 0.0872 e. The largest absolute Gasteiger partial charge is 0.390 e. The van der Waals surface area contributed by atoms with Crippen molar-refractivity contribution in [3.05, 3.63) is 0 Å². The third kappa shape index (κ3) is 1.29. The molecule has 0 aromatic carbocycles. The van der Waals surface area contributed by atoms with Crippen molar-refractivity contribution >= 4 is 6.34 Å². The molecule has 1 heterocycles. The Morgan fingerprint density at radius 3 is 2.70 bits per heavy atom. The zero-order valence-corrected chi connectivity index (χ0v) is 6.43. The van der Waals surface area contributed by atoms with Crippen LogP contribution in [0.15, 0.2) is 4.99 Å². The minimum Gasteiger partial charge on any atom is -0.390 e. The van der Waals surface area contributed by atoms with Crippen LogP contribution in [0.3, 0.4) is 0 Å². The summed E-state index contributed by atoms with van der Waals surface area (Å²) in [5, 5.41) is 3.20. The summed E-state index contributed by atoms with van der Waals surface area (Å²) in [5.74, 6) is 0. The highest BCUT2D eigenvalue weighted by atomic mass is 15.1. The number of rotatable bonds is 3. The van der Waals surface area contributed by atoms with Crippen LogP contribution in [0.5, 0.6) is 0 Å². The first-order valence-corrected chi connectivity index (χ1v) is 3.79. The molecule has 0 radical (unpaired) electrons. The SMILES string of the molecule is CCCC1(N=CN)CNC1. The fourth-order valence-electron chi connectivity index (χ4n) is 1.37. The summed E-state index contributed by atoms with van der Waals surface area (Å²) in [6, 6.07) is 0. The molecule has 0 saturated carbocycles. The molecule has 0 spiro atoms. The molecule has 58 valence electrons. The van der Waals surface area contributed by atoms with Crippen molar-refractivity contribution < 1.29 is 0 Å². The van der Waals surface area contributed by atoms with Crippen LogP contribution >= 0.6 is 0 Å². The molecular formula is C7H15N3. The minimum atomic E-state index is 0.156. The van der Waals surface area contributed by atoms with Crippen LogP contribution in [0.2, 0.25) is 0 Å². The molecule has 0 aromatic heterocycles. The molecule has 1 aliphatic heterocycles. The second-order valence-corrected chi connectivity index (χ2v) is 2.86. The van der Waals surface area contributed by atoms with Gasteiger partial charge < -0.3 is 11.1 Å². The second-order valence-electron chi connectivity index (χ2n) is 2.86. The van der Waals surface area contributed by atoms with Crippen molar-refractivity contribution in [1.29, 1.82) is 0 Å². The van der Waals surface area contributed by atoms with Crippen molar-refractivity contribution in [3.8, 4) is 0 Å². The molecule has 0 aromatic rings. The topological polar surface area (TPSA) is 50.4 Å². The second kappa shape index (κ2) is 3.01. The quantitative estimate of drug-likeness (QED) is 0.433. The lowest BCUT2D eigenvalue weighted by molar-refractivity contribution is 0.264. The number of hydrogen-bond acceptors (Lipinski definition) is 2. The summed E-state index contributed by atoms with van der Waals surface area (Å²) in [7, 11) is 0. The molecule has 3 nitrogen and oxygen atoms in total. The first-order chi connectivity index (χ1) is 4.83. The van der Waals surface area contributed by atoms with E-state index < -0.39 is 0 Å². The summed E-state index contributed by atoms with van der Waals surface area (Å²) >= 11 is 0. The standard InChI is InChI=1S/C7H15N3/c1-2-3-7(10-6-8)4-9-5-7/h6,9H,2-5H2,1H3,(H2,8,10). The molecule has 1 fully saturated rings. The van der Waals surface area contributed by atoms with Gasteiger partial charge in [0.25, 0.3) is 0 Å². The molecule has 1 aliphatic rings. The van der Waals surface area contributed by atoms with Gasteiger partial charge in [-0.1, -0.05) is 13.3 Å². The van der Waals surface area contributed by atoms with Gasteiger partial charge >= 0.3 is 0 Å². The van der Waals surface area contributed by atoms with Crippen LogP contribution in [0.25, 0.3) is 0 Å². The van der Waals surface area contributed by atoms with Crippen LogP contribution < -0.4 is 11.1 Å². The third-order valence-electron chi connectivity index (χ3n) is 1.97. The highest BCUT2D eigenvalue weighted by Gasteiger charge is 2.34. The molecular weight excluding hydrogens is 126 g/mol. The highest BCUT2D eigenvalue weighted by Crippen LogP contribution is 2.21. The number of nitrogens with one attached hydrogen (secondary N) is 1. The number of nitrogens with two attached hydrogens (primary N) is 1. The van der Waals surface area contributed by atoms with Gasteiger partial charge in [0.05, 0.1) is 11.9 Å². The van der Waals surface area contributed by atoms with Crippen molar-refractivity contribution in [2.24, 2.45) is 10.7 Å². The first-order valence-electron chi connectivity index (χ1n) is 3.79. The maximum Gasteiger partial charge on any atom is 0.0872 e. The van der Waals surface area contributed by atoms with E-state index in [0.717, 1.165) is 19.5 Å². The maximum atomic E-state index is 5.23. The Morgan fingerprint density at radius 1 is 1.70 bits per heavy atom. The van der Waals surface area contributed by atoms with E-state index in [1.165, 1.54) is 12.8 Å². The summed E-state index contributed by atoms with van der Waals surface area (Å²) < 4.78 is 0. The normalized spacial score (nSPS) is 22.9. The Morgan fingerprint density at radius 2 is 2.40 bits per heavy atom. The Hall–Kier alpha value is -0.570. The van der Waals surface area contributed by atoms with Crippen LogP contribution in [-0.4, -0.2) is 25.0 Å². The zero-order valence-electron chi connectivity index (χ0n) is 6.43. The first kappa shape index (κ1) is 7.54. The van der Waals surface area contributed by atoms with Crippen LogP contribution in [0, 0.1) is 0 Å². The van der Waals surface area contributed by atoms with Gasteiger partial charge in [-0.25, -0.2) is 0 Å². The monoisotopic (exact) mass is 141 g/mol. The van der Waals surface area contributed by atoms with Gasteiger partial charge in [-0.15, -0.1) is 0 Å². The van der Waals surface area contributed by atoms with E-state index >= 15 is 0 Å². The molecule has 0 aliphatic carbocycles. The van der Waals surface area contributed by atoms with Crippen molar-refractivity contribution in [2.45, 2.75) is 25.3 Å². The molecule has 1 saturated heterocycles. The Labute approximate surface area is 61.7 Å². The lowest BCUT2D eigenvalue weighted by Crippen LogP contribution is -2.58. The Balaban J connectivity index is 2.42. The number of nitrogens with zero attached hydrogens (tertiary/aromatic N) is 1. The minimum absolute atomic E-state index is 0.156. The van der Waals surface area contributed by atoms with Gasteiger partial charge in [0.2, 0.25) is 0 Å². The highest BCUT2D eigenvalue weighted by molar-refractivity contribution is 5.52. The summed E-state index contributed by atoms with van der Waals surface area (Å²) in [4.78, 5) is 4.24. The van der Waals surface area contributed by atoms with Gasteiger partial charge in [-0.05, 0) is 6.42 Å². The Kier molecular flexibility index (Phi) is 2.27. The summed E-state index contributed by atoms with van der Waals surface area (Å²) in [6.45, 7) is 4.16. The van der Waals surface area contributed by atoms with E-state index in [9.17, 15) is 0 Å². The van der Waals surface area contributed by atoms with Crippen LogP contribution in [-0.2, 0) is 0 Å². The predicted octanol–water partition coefficient (Wildman–Crippen LogP) is 0.115. The third-order valence-corrected chi connectivity index (χ3v) is 1.97. The fraction of sp³-hybridized carbons (Fsp3) is 0.857. The molecule has 0 amide bonds. The molecule has 10 heavy (non-hydrogen) atoms.